The minimum absolute atomic E-state index is 0.0667. The molecule has 3 rings (SSSR count). The van der Waals surface area contributed by atoms with Crippen LogP contribution in [0.2, 0.25) is 0 Å². The molecule has 1 aromatic carbocycles. The van der Waals surface area contributed by atoms with Crippen molar-refractivity contribution in [3.8, 4) is 0 Å². The summed E-state index contributed by atoms with van der Waals surface area (Å²) in [5.74, 6) is 0.540. The molecule has 0 bridgehead atoms. The normalized spacial score (nSPS) is 15.3. The van der Waals surface area contributed by atoms with Gasteiger partial charge in [-0.25, -0.2) is 4.98 Å². The number of piperidine rings is 1. The summed E-state index contributed by atoms with van der Waals surface area (Å²) in [6.07, 6.45) is 1.63. The van der Waals surface area contributed by atoms with E-state index >= 15 is 0 Å². The molecule has 1 aliphatic rings. The highest BCUT2D eigenvalue weighted by Gasteiger charge is 2.23. The highest BCUT2D eigenvalue weighted by atomic mass is 79.9. The standard InChI is InChI=1S/C17H19BrN4O2/c1-11-10-15(23)21-17(19-11)22-8-6-12(7-9-22)20-16(24)13-4-2-3-5-14(13)18/h2-5,10,12H,6-9H2,1H3,(H,20,24)(H,19,21,23). The lowest BCUT2D eigenvalue weighted by atomic mass is 10.0. The van der Waals surface area contributed by atoms with Crippen LogP contribution in [-0.2, 0) is 0 Å². The van der Waals surface area contributed by atoms with E-state index in [-0.39, 0.29) is 17.5 Å². The van der Waals surface area contributed by atoms with E-state index in [1.807, 2.05) is 25.1 Å². The van der Waals surface area contributed by atoms with Crippen molar-refractivity contribution in [1.29, 1.82) is 0 Å². The third-order valence-corrected chi connectivity index (χ3v) is 4.80. The molecule has 2 heterocycles. The van der Waals surface area contributed by atoms with Crippen LogP contribution in [0.4, 0.5) is 5.95 Å². The zero-order chi connectivity index (χ0) is 17.1. The lowest BCUT2D eigenvalue weighted by Gasteiger charge is -2.32. The van der Waals surface area contributed by atoms with Gasteiger partial charge in [-0.15, -0.1) is 0 Å². The third kappa shape index (κ3) is 3.84. The Labute approximate surface area is 148 Å². The second-order valence-electron chi connectivity index (χ2n) is 5.93. The smallest absolute Gasteiger partial charge is 0.252 e. The monoisotopic (exact) mass is 390 g/mol. The second kappa shape index (κ2) is 7.17. The first-order valence-corrected chi connectivity index (χ1v) is 8.70. The lowest BCUT2D eigenvalue weighted by Crippen LogP contribution is -2.45. The zero-order valence-electron chi connectivity index (χ0n) is 13.4. The zero-order valence-corrected chi connectivity index (χ0v) is 15.0. The number of anilines is 1. The third-order valence-electron chi connectivity index (χ3n) is 4.11. The van der Waals surface area contributed by atoms with Crippen LogP contribution in [0.25, 0.3) is 0 Å². The van der Waals surface area contributed by atoms with Crippen LogP contribution in [0, 0.1) is 6.92 Å². The van der Waals surface area contributed by atoms with Crippen LogP contribution < -0.4 is 15.8 Å². The van der Waals surface area contributed by atoms with Crippen LogP contribution in [0.15, 0.2) is 39.6 Å². The van der Waals surface area contributed by atoms with Gasteiger partial charge < -0.3 is 10.2 Å². The molecule has 2 N–H and O–H groups in total. The van der Waals surface area contributed by atoms with Crippen molar-refractivity contribution >= 4 is 27.8 Å². The number of hydrogen-bond donors (Lipinski definition) is 2. The van der Waals surface area contributed by atoms with Gasteiger partial charge in [0.1, 0.15) is 0 Å². The van der Waals surface area contributed by atoms with E-state index in [1.54, 1.807) is 6.07 Å². The van der Waals surface area contributed by atoms with Crippen molar-refractivity contribution in [1.82, 2.24) is 15.3 Å². The molecule has 7 heteroatoms. The van der Waals surface area contributed by atoms with Crippen molar-refractivity contribution in [3.63, 3.8) is 0 Å². The fourth-order valence-electron chi connectivity index (χ4n) is 2.86. The quantitative estimate of drug-likeness (QED) is 0.842. The summed E-state index contributed by atoms with van der Waals surface area (Å²) in [4.78, 5) is 33.1. The number of amides is 1. The lowest BCUT2D eigenvalue weighted by molar-refractivity contribution is 0.0930. The second-order valence-corrected chi connectivity index (χ2v) is 6.78. The predicted octanol–water partition coefficient (Wildman–Crippen LogP) is 2.24. The van der Waals surface area contributed by atoms with Crippen molar-refractivity contribution in [2.45, 2.75) is 25.8 Å². The van der Waals surface area contributed by atoms with Crippen LogP contribution in [-0.4, -0.2) is 35.0 Å². The number of aryl methyl sites for hydroxylation is 1. The van der Waals surface area contributed by atoms with Gasteiger partial charge in [0.25, 0.3) is 11.5 Å². The SMILES string of the molecule is Cc1cc(=O)[nH]c(N2CCC(NC(=O)c3ccccc3Br)CC2)n1. The fourth-order valence-corrected chi connectivity index (χ4v) is 3.32. The highest BCUT2D eigenvalue weighted by Crippen LogP contribution is 2.18. The van der Waals surface area contributed by atoms with Gasteiger partial charge in [-0.3, -0.25) is 14.6 Å². The summed E-state index contributed by atoms with van der Waals surface area (Å²) in [6.45, 7) is 3.30. The molecule has 0 aliphatic carbocycles. The average molecular weight is 391 g/mol. The first-order valence-electron chi connectivity index (χ1n) is 7.91. The number of benzene rings is 1. The van der Waals surface area contributed by atoms with Gasteiger partial charge in [-0.1, -0.05) is 12.1 Å². The van der Waals surface area contributed by atoms with Gasteiger partial charge >= 0.3 is 0 Å². The van der Waals surface area contributed by atoms with Crippen LogP contribution >= 0.6 is 15.9 Å². The van der Waals surface area contributed by atoms with E-state index in [1.165, 1.54) is 6.07 Å². The maximum absolute atomic E-state index is 12.4. The summed E-state index contributed by atoms with van der Waals surface area (Å²) in [5.41, 5.74) is 1.21. The summed E-state index contributed by atoms with van der Waals surface area (Å²) < 4.78 is 0.793. The van der Waals surface area contributed by atoms with Crippen LogP contribution in [0.1, 0.15) is 28.9 Å². The van der Waals surface area contributed by atoms with Gasteiger partial charge in [-0.05, 0) is 47.8 Å². The van der Waals surface area contributed by atoms with Crippen molar-refractivity contribution < 1.29 is 4.79 Å². The van der Waals surface area contributed by atoms with E-state index in [0.29, 0.717) is 17.2 Å². The minimum atomic E-state index is -0.137. The topological polar surface area (TPSA) is 78.1 Å². The number of halogens is 1. The molecule has 2 aromatic rings. The number of rotatable bonds is 3. The Kier molecular flexibility index (Phi) is 4.99. The van der Waals surface area contributed by atoms with E-state index in [2.05, 4.69) is 36.1 Å². The Hall–Kier alpha value is -2.15. The van der Waals surface area contributed by atoms with Gasteiger partial charge in [0.15, 0.2) is 0 Å². The molecule has 6 nitrogen and oxygen atoms in total. The van der Waals surface area contributed by atoms with E-state index in [0.717, 1.165) is 30.4 Å². The van der Waals surface area contributed by atoms with Gasteiger partial charge in [0.2, 0.25) is 5.95 Å². The van der Waals surface area contributed by atoms with Crippen molar-refractivity contribution in [2.75, 3.05) is 18.0 Å². The Morgan fingerprint density at radius 1 is 1.33 bits per heavy atom. The Morgan fingerprint density at radius 2 is 2.04 bits per heavy atom. The Bertz CT molecular complexity index is 797. The number of hydrogen-bond acceptors (Lipinski definition) is 4. The first-order chi connectivity index (χ1) is 11.5. The number of H-pyrrole nitrogens is 1. The minimum Gasteiger partial charge on any atom is -0.349 e. The number of carbonyl (C=O) groups excluding carboxylic acids is 1. The summed E-state index contributed by atoms with van der Waals surface area (Å²) in [6, 6.07) is 9.00. The summed E-state index contributed by atoms with van der Waals surface area (Å²) >= 11 is 3.40. The molecule has 1 fully saturated rings. The maximum atomic E-state index is 12.4. The predicted molar refractivity (Wildman–Crippen MR) is 96.4 cm³/mol. The van der Waals surface area contributed by atoms with Gasteiger partial charge in [0, 0.05) is 35.4 Å². The number of nitrogens with zero attached hydrogens (tertiary/aromatic N) is 2. The van der Waals surface area contributed by atoms with E-state index in [4.69, 9.17) is 0 Å². The number of nitrogens with one attached hydrogen (secondary N) is 2. The van der Waals surface area contributed by atoms with E-state index in [9.17, 15) is 9.59 Å². The molecule has 1 aromatic heterocycles. The van der Waals surface area contributed by atoms with Crippen molar-refractivity contribution in [2.24, 2.45) is 0 Å². The molecular weight excluding hydrogens is 372 g/mol. The number of aromatic nitrogens is 2. The summed E-state index contributed by atoms with van der Waals surface area (Å²) in [5, 5.41) is 3.08. The largest absolute Gasteiger partial charge is 0.349 e. The van der Waals surface area contributed by atoms with E-state index < -0.39 is 0 Å². The molecule has 0 unspecified atom stereocenters. The molecule has 0 atom stereocenters. The molecule has 0 spiro atoms. The Balaban J connectivity index is 1.60. The van der Waals surface area contributed by atoms with Crippen molar-refractivity contribution in [3.05, 3.63) is 56.4 Å². The maximum Gasteiger partial charge on any atom is 0.252 e. The summed E-state index contributed by atoms with van der Waals surface area (Å²) in [7, 11) is 0. The average Bonchev–Trinajstić information content (AvgIpc) is 2.55. The fraction of sp³-hybridized carbons (Fsp3) is 0.353. The molecule has 0 saturated carbocycles. The highest BCUT2D eigenvalue weighted by molar-refractivity contribution is 9.10. The number of carbonyl (C=O) groups is 1. The molecule has 1 amide bonds. The molecule has 126 valence electrons. The molecule has 24 heavy (non-hydrogen) atoms. The van der Waals surface area contributed by atoms with Gasteiger partial charge in [0.05, 0.1) is 5.56 Å². The van der Waals surface area contributed by atoms with Gasteiger partial charge in [-0.2, -0.15) is 0 Å². The molecule has 1 aliphatic heterocycles. The van der Waals surface area contributed by atoms with Crippen LogP contribution in [0.3, 0.4) is 0 Å². The van der Waals surface area contributed by atoms with Crippen LogP contribution in [0.5, 0.6) is 0 Å². The molecule has 1 saturated heterocycles. The Morgan fingerprint density at radius 3 is 2.71 bits per heavy atom. The molecular formula is C17H19BrN4O2. The molecule has 0 radical (unpaired) electrons. The number of aromatic amines is 1. The first kappa shape index (κ1) is 16.7.